The summed E-state index contributed by atoms with van der Waals surface area (Å²) in [5.74, 6) is 0.196. The molecule has 1 atom stereocenters. The molecule has 0 aliphatic heterocycles. The minimum Gasteiger partial charge on any atom is -0.383 e. The molecule has 3 rings (SSSR count). The van der Waals surface area contributed by atoms with Crippen molar-refractivity contribution in [3.05, 3.63) is 64.0 Å². The normalized spacial score (nSPS) is 11.9. The van der Waals surface area contributed by atoms with Crippen LogP contribution in [0, 0.1) is 10.1 Å². The second kappa shape index (κ2) is 8.49. The van der Waals surface area contributed by atoms with E-state index in [9.17, 15) is 14.9 Å². The van der Waals surface area contributed by atoms with Gasteiger partial charge in [0.25, 0.3) is 11.6 Å². The van der Waals surface area contributed by atoms with E-state index in [0.717, 1.165) is 11.0 Å². The van der Waals surface area contributed by atoms with Crippen molar-refractivity contribution in [2.45, 2.75) is 13.0 Å². The highest BCUT2D eigenvalue weighted by atomic mass is 16.6. The number of amides is 1. The number of methoxy groups -OCH3 is 1. The first-order chi connectivity index (χ1) is 13.5. The number of nitrogens with one attached hydrogen (secondary N) is 3. The Bertz CT molecular complexity index is 968. The number of anilines is 1. The highest BCUT2D eigenvalue weighted by Gasteiger charge is 2.20. The number of nitro benzene ring substituents is 1. The molecule has 9 nitrogen and oxygen atoms in total. The number of hydrogen-bond acceptors (Lipinski definition) is 6. The van der Waals surface area contributed by atoms with E-state index < -0.39 is 16.9 Å². The number of aromatic nitrogens is 2. The molecule has 1 aromatic heterocycles. The summed E-state index contributed by atoms with van der Waals surface area (Å²) in [6, 6.07) is 11.5. The quantitative estimate of drug-likeness (QED) is 0.312. The Morgan fingerprint density at radius 1 is 1.32 bits per heavy atom. The van der Waals surface area contributed by atoms with Crippen LogP contribution in [0.4, 0.5) is 11.4 Å². The van der Waals surface area contributed by atoms with Gasteiger partial charge in [0, 0.05) is 25.3 Å². The van der Waals surface area contributed by atoms with Crippen LogP contribution in [-0.2, 0) is 4.74 Å². The van der Waals surface area contributed by atoms with E-state index in [0.29, 0.717) is 24.7 Å². The van der Waals surface area contributed by atoms with Gasteiger partial charge < -0.3 is 20.4 Å². The van der Waals surface area contributed by atoms with Crippen LogP contribution in [0.25, 0.3) is 11.0 Å². The molecule has 0 saturated heterocycles. The maximum atomic E-state index is 12.6. The first-order valence-corrected chi connectivity index (χ1v) is 8.76. The van der Waals surface area contributed by atoms with Crippen LogP contribution in [0.15, 0.2) is 42.5 Å². The minimum atomic E-state index is -0.519. The molecule has 0 saturated carbocycles. The molecule has 146 valence electrons. The summed E-state index contributed by atoms with van der Waals surface area (Å²) in [5, 5.41) is 17.1. The number of imidazole rings is 1. The molecule has 0 bridgehead atoms. The van der Waals surface area contributed by atoms with E-state index in [4.69, 9.17) is 4.74 Å². The lowest BCUT2D eigenvalue weighted by Crippen LogP contribution is -2.27. The van der Waals surface area contributed by atoms with E-state index in [2.05, 4.69) is 20.6 Å². The molecule has 0 aliphatic carbocycles. The van der Waals surface area contributed by atoms with Crippen LogP contribution in [0.5, 0.6) is 0 Å². The third-order valence-corrected chi connectivity index (χ3v) is 4.24. The lowest BCUT2D eigenvalue weighted by molar-refractivity contribution is -0.384. The molecular weight excluding hydrogens is 362 g/mol. The maximum absolute atomic E-state index is 12.6. The van der Waals surface area contributed by atoms with Gasteiger partial charge in [0.1, 0.15) is 11.5 Å². The zero-order valence-electron chi connectivity index (χ0n) is 15.6. The Labute approximate surface area is 161 Å². The molecule has 0 unspecified atom stereocenters. The first-order valence-electron chi connectivity index (χ1n) is 8.76. The molecule has 9 heteroatoms. The molecule has 28 heavy (non-hydrogen) atoms. The molecule has 3 N–H and O–H groups in total. The van der Waals surface area contributed by atoms with Crippen LogP contribution in [0.2, 0.25) is 0 Å². The Hall–Kier alpha value is -3.46. The predicted octanol–water partition coefficient (Wildman–Crippen LogP) is 3.02. The Morgan fingerprint density at radius 2 is 2.11 bits per heavy atom. The van der Waals surface area contributed by atoms with Crippen molar-refractivity contribution in [3.63, 3.8) is 0 Å². The summed E-state index contributed by atoms with van der Waals surface area (Å²) in [5.41, 5.74) is 2.05. The third kappa shape index (κ3) is 4.26. The van der Waals surface area contributed by atoms with Crippen molar-refractivity contribution < 1.29 is 14.5 Å². The molecule has 0 spiro atoms. The third-order valence-electron chi connectivity index (χ3n) is 4.24. The average Bonchev–Trinajstić information content (AvgIpc) is 3.12. The number of H-pyrrole nitrogens is 1. The van der Waals surface area contributed by atoms with Gasteiger partial charge in [-0.05, 0) is 31.2 Å². The fourth-order valence-electron chi connectivity index (χ4n) is 2.79. The molecule has 0 radical (unpaired) electrons. The summed E-state index contributed by atoms with van der Waals surface area (Å²) in [6.07, 6.45) is 0. The topological polar surface area (TPSA) is 122 Å². The smallest absolute Gasteiger partial charge is 0.293 e. The van der Waals surface area contributed by atoms with Crippen LogP contribution in [0.1, 0.15) is 29.1 Å². The van der Waals surface area contributed by atoms with Crippen LogP contribution >= 0.6 is 0 Å². The maximum Gasteiger partial charge on any atom is 0.293 e. The number of ether oxygens (including phenoxy) is 1. The summed E-state index contributed by atoms with van der Waals surface area (Å²) < 4.78 is 4.93. The van der Waals surface area contributed by atoms with Crippen LogP contribution in [0.3, 0.4) is 0 Å². The van der Waals surface area contributed by atoms with E-state index in [1.165, 1.54) is 12.1 Å². The second-order valence-electron chi connectivity index (χ2n) is 6.24. The van der Waals surface area contributed by atoms with Gasteiger partial charge in [-0.3, -0.25) is 14.9 Å². The van der Waals surface area contributed by atoms with Gasteiger partial charge >= 0.3 is 0 Å². The van der Waals surface area contributed by atoms with E-state index in [1.807, 2.05) is 24.3 Å². The van der Waals surface area contributed by atoms with Crippen molar-refractivity contribution in [2.75, 3.05) is 25.6 Å². The highest BCUT2D eigenvalue weighted by molar-refractivity contribution is 5.96. The van der Waals surface area contributed by atoms with Crippen molar-refractivity contribution in [1.29, 1.82) is 0 Å². The van der Waals surface area contributed by atoms with Crippen molar-refractivity contribution in [2.24, 2.45) is 0 Å². The number of hydrogen-bond donors (Lipinski definition) is 3. The number of rotatable bonds is 8. The molecule has 1 heterocycles. The number of carbonyl (C=O) groups excluding carboxylic acids is 1. The standard InChI is InChI=1S/C19H21N5O4/c1-12(18-22-14-5-3-4-6-15(14)23-18)21-19(25)13-7-8-16(20-9-10-28-2)17(11-13)24(26)27/h3-8,11-12,20H,9-10H2,1-2H3,(H,21,25)(H,22,23)/t12-/m0/s1. The van der Waals surface area contributed by atoms with E-state index in [1.54, 1.807) is 20.1 Å². The number of nitrogens with zero attached hydrogens (tertiary/aromatic N) is 2. The molecule has 2 aromatic carbocycles. The minimum absolute atomic E-state index is 0.167. The molecule has 0 fully saturated rings. The number of carbonyl (C=O) groups is 1. The fourth-order valence-corrected chi connectivity index (χ4v) is 2.79. The van der Waals surface area contributed by atoms with E-state index >= 15 is 0 Å². The van der Waals surface area contributed by atoms with Gasteiger partial charge in [-0.25, -0.2) is 4.98 Å². The highest BCUT2D eigenvalue weighted by Crippen LogP contribution is 2.26. The van der Waals surface area contributed by atoms with Gasteiger partial charge in [0.05, 0.1) is 28.6 Å². The van der Waals surface area contributed by atoms with Gasteiger partial charge in [0.2, 0.25) is 0 Å². The van der Waals surface area contributed by atoms with Gasteiger partial charge in [-0.1, -0.05) is 12.1 Å². The van der Waals surface area contributed by atoms with E-state index in [-0.39, 0.29) is 11.3 Å². The van der Waals surface area contributed by atoms with Crippen molar-refractivity contribution in [1.82, 2.24) is 15.3 Å². The Kier molecular flexibility index (Phi) is 5.85. The number of aromatic amines is 1. The lowest BCUT2D eigenvalue weighted by atomic mass is 10.1. The van der Waals surface area contributed by atoms with Gasteiger partial charge in [0.15, 0.2) is 0 Å². The van der Waals surface area contributed by atoms with Crippen LogP contribution in [-0.4, -0.2) is 41.1 Å². The average molecular weight is 383 g/mol. The lowest BCUT2D eigenvalue weighted by Gasteiger charge is -2.12. The summed E-state index contributed by atoms with van der Waals surface area (Å²) in [4.78, 5) is 31.0. The molecule has 0 aliphatic rings. The second-order valence-corrected chi connectivity index (χ2v) is 6.24. The molecular formula is C19H21N5O4. The monoisotopic (exact) mass is 383 g/mol. The summed E-state index contributed by atoms with van der Waals surface area (Å²) in [6.45, 7) is 2.63. The van der Waals surface area contributed by atoms with Gasteiger partial charge in [-0.15, -0.1) is 0 Å². The largest absolute Gasteiger partial charge is 0.383 e. The Balaban J connectivity index is 1.75. The number of fused-ring (bicyclic) bond motifs is 1. The van der Waals surface area contributed by atoms with Crippen molar-refractivity contribution >= 4 is 28.3 Å². The first kappa shape index (κ1) is 19.3. The summed E-state index contributed by atoms with van der Waals surface area (Å²) >= 11 is 0. The zero-order valence-corrected chi connectivity index (χ0v) is 15.6. The number of nitro groups is 1. The fraction of sp³-hybridized carbons (Fsp3) is 0.263. The Morgan fingerprint density at radius 3 is 2.82 bits per heavy atom. The molecule has 3 aromatic rings. The number of para-hydroxylation sites is 2. The predicted molar refractivity (Wildman–Crippen MR) is 105 cm³/mol. The molecule has 1 amide bonds. The zero-order chi connectivity index (χ0) is 20.1. The number of benzene rings is 2. The SMILES string of the molecule is COCCNc1ccc(C(=O)N[C@@H](C)c2nc3ccccc3[nH]2)cc1[N+](=O)[O-]. The summed E-state index contributed by atoms with van der Waals surface area (Å²) in [7, 11) is 1.55. The van der Waals surface area contributed by atoms with Crippen molar-refractivity contribution in [3.8, 4) is 0 Å². The van der Waals surface area contributed by atoms with Crippen LogP contribution < -0.4 is 10.6 Å². The van der Waals surface area contributed by atoms with Gasteiger partial charge in [-0.2, -0.15) is 0 Å².